The second kappa shape index (κ2) is 9.31. The zero-order valence-corrected chi connectivity index (χ0v) is 17.8. The van der Waals surface area contributed by atoms with Gasteiger partial charge in [0.2, 0.25) is 5.78 Å². The predicted molar refractivity (Wildman–Crippen MR) is 123 cm³/mol. The molecule has 0 saturated heterocycles. The van der Waals surface area contributed by atoms with E-state index < -0.39 is 0 Å². The Morgan fingerprint density at radius 1 is 0.875 bits per heavy atom. The number of carbonyl (C=O) groups excluding carboxylic acids is 2. The largest absolute Gasteiger partial charge is 0.497 e. The zero-order valence-electron chi connectivity index (χ0n) is 17.8. The summed E-state index contributed by atoms with van der Waals surface area (Å²) >= 11 is 0. The highest BCUT2D eigenvalue weighted by molar-refractivity contribution is 6.07. The minimum absolute atomic E-state index is 0.00426. The summed E-state index contributed by atoms with van der Waals surface area (Å²) in [5.41, 5.74) is 2.79. The Labute approximate surface area is 185 Å². The number of ketones is 2. The molecule has 0 spiro atoms. The van der Waals surface area contributed by atoms with Gasteiger partial charge in [-0.3, -0.25) is 9.59 Å². The summed E-state index contributed by atoms with van der Waals surface area (Å²) in [5.74, 6) is 1.24. The van der Waals surface area contributed by atoms with Gasteiger partial charge >= 0.3 is 0 Å². The van der Waals surface area contributed by atoms with Crippen LogP contribution in [0.5, 0.6) is 11.5 Å². The zero-order chi connectivity index (χ0) is 22.5. The van der Waals surface area contributed by atoms with Crippen LogP contribution in [-0.2, 0) is 6.54 Å². The Hall–Kier alpha value is -4.19. The van der Waals surface area contributed by atoms with Crippen LogP contribution in [0.4, 0.5) is 0 Å². The molecule has 1 heterocycles. The molecule has 0 amide bonds. The fourth-order valence-corrected chi connectivity index (χ4v) is 3.40. The average Bonchev–Trinajstić information content (AvgIpc) is 3.21. The Kier molecular flexibility index (Phi) is 6.12. The smallest absolute Gasteiger partial charge is 0.221 e. The van der Waals surface area contributed by atoms with E-state index in [1.165, 1.54) is 6.08 Å². The quantitative estimate of drug-likeness (QED) is 0.298. The first kappa shape index (κ1) is 21.1. The molecule has 160 valence electrons. The van der Waals surface area contributed by atoms with E-state index in [-0.39, 0.29) is 23.9 Å². The van der Waals surface area contributed by atoms with Gasteiger partial charge in [0.1, 0.15) is 11.5 Å². The van der Waals surface area contributed by atoms with Crippen molar-refractivity contribution in [2.75, 3.05) is 14.2 Å². The second-order valence-electron chi connectivity index (χ2n) is 7.13. The number of carbonyl (C=O) groups is 2. The van der Waals surface area contributed by atoms with Crippen LogP contribution in [-0.4, -0.2) is 35.3 Å². The third-order valence-corrected chi connectivity index (χ3v) is 5.13. The lowest BCUT2D eigenvalue weighted by atomic mass is 10.1. The Morgan fingerprint density at radius 2 is 1.50 bits per heavy atom. The fraction of sp³-hybridized carbons (Fsp3) is 0.115. The van der Waals surface area contributed by atoms with E-state index in [2.05, 4.69) is 4.98 Å². The van der Waals surface area contributed by atoms with E-state index in [1.807, 2.05) is 48.5 Å². The van der Waals surface area contributed by atoms with E-state index in [0.29, 0.717) is 16.8 Å². The van der Waals surface area contributed by atoms with Gasteiger partial charge in [-0.05, 0) is 60.2 Å². The highest BCUT2D eigenvalue weighted by Crippen LogP contribution is 2.20. The van der Waals surface area contributed by atoms with E-state index in [9.17, 15) is 9.59 Å². The number of allylic oxidation sites excluding steroid dienone is 1. The number of ether oxygens (including phenoxy) is 2. The van der Waals surface area contributed by atoms with Gasteiger partial charge in [-0.25, -0.2) is 4.98 Å². The molecule has 0 aliphatic carbocycles. The van der Waals surface area contributed by atoms with Gasteiger partial charge in [0.15, 0.2) is 11.6 Å². The summed E-state index contributed by atoms with van der Waals surface area (Å²) in [6.45, 7) is 0.00426. The number of fused-ring (bicyclic) bond motifs is 1. The second-order valence-corrected chi connectivity index (χ2v) is 7.13. The molecule has 0 saturated carbocycles. The van der Waals surface area contributed by atoms with Crippen molar-refractivity contribution >= 4 is 28.7 Å². The molecule has 6 nitrogen and oxygen atoms in total. The monoisotopic (exact) mass is 426 g/mol. The van der Waals surface area contributed by atoms with Gasteiger partial charge in [0.25, 0.3) is 0 Å². The van der Waals surface area contributed by atoms with Gasteiger partial charge in [-0.2, -0.15) is 0 Å². The topological polar surface area (TPSA) is 70.4 Å². The molecular weight excluding hydrogens is 404 g/mol. The predicted octanol–water partition coefficient (Wildman–Crippen LogP) is 4.83. The fourth-order valence-electron chi connectivity index (χ4n) is 3.40. The SMILES string of the molecule is COc1ccc(/C=C/C(=O)c2nc3ccccc3n2CC(=O)c2ccc(OC)cc2)cc1. The summed E-state index contributed by atoms with van der Waals surface area (Å²) in [5, 5.41) is 0. The first-order valence-electron chi connectivity index (χ1n) is 10.1. The van der Waals surface area contributed by atoms with Crippen LogP contribution in [0.25, 0.3) is 17.1 Å². The Morgan fingerprint density at radius 3 is 2.16 bits per heavy atom. The maximum absolute atomic E-state index is 13.0. The van der Waals surface area contributed by atoms with Crippen molar-refractivity contribution in [3.8, 4) is 11.5 Å². The molecule has 0 fully saturated rings. The molecule has 3 aromatic carbocycles. The van der Waals surface area contributed by atoms with Crippen LogP contribution in [0.2, 0.25) is 0 Å². The first-order valence-corrected chi connectivity index (χ1v) is 10.1. The molecule has 0 unspecified atom stereocenters. The van der Waals surface area contributed by atoms with Crippen molar-refractivity contribution in [1.29, 1.82) is 0 Å². The molecule has 1 aromatic heterocycles. The maximum atomic E-state index is 13.0. The minimum Gasteiger partial charge on any atom is -0.497 e. The molecule has 0 atom stereocenters. The van der Waals surface area contributed by atoms with Crippen LogP contribution in [0.1, 0.15) is 26.5 Å². The van der Waals surface area contributed by atoms with Gasteiger partial charge in [0.05, 0.1) is 31.8 Å². The number of benzene rings is 3. The van der Waals surface area contributed by atoms with Crippen molar-refractivity contribution in [3.05, 3.63) is 95.8 Å². The maximum Gasteiger partial charge on any atom is 0.221 e. The van der Waals surface area contributed by atoms with E-state index in [0.717, 1.165) is 16.8 Å². The molecule has 0 aliphatic heterocycles. The lowest BCUT2D eigenvalue weighted by molar-refractivity contribution is 0.0969. The molecule has 0 bridgehead atoms. The first-order chi connectivity index (χ1) is 15.6. The third kappa shape index (κ3) is 4.44. The molecule has 0 aliphatic rings. The number of para-hydroxylation sites is 2. The normalized spacial score (nSPS) is 11.1. The van der Waals surface area contributed by atoms with Crippen LogP contribution < -0.4 is 9.47 Å². The summed E-state index contributed by atoms with van der Waals surface area (Å²) in [6, 6.07) is 21.7. The number of aromatic nitrogens is 2. The number of methoxy groups -OCH3 is 2. The highest BCUT2D eigenvalue weighted by Gasteiger charge is 2.18. The van der Waals surface area contributed by atoms with Gasteiger partial charge < -0.3 is 14.0 Å². The summed E-state index contributed by atoms with van der Waals surface area (Å²) in [7, 11) is 3.18. The Bertz CT molecular complexity index is 1290. The molecular formula is C26H22N2O4. The van der Waals surface area contributed by atoms with Crippen LogP contribution in [0.3, 0.4) is 0 Å². The van der Waals surface area contributed by atoms with Gasteiger partial charge in [0, 0.05) is 5.56 Å². The Balaban J connectivity index is 1.63. The number of nitrogens with zero attached hydrogens (tertiary/aromatic N) is 2. The average molecular weight is 426 g/mol. The summed E-state index contributed by atoms with van der Waals surface area (Å²) in [6.07, 6.45) is 3.19. The van der Waals surface area contributed by atoms with Crippen molar-refractivity contribution in [2.45, 2.75) is 6.54 Å². The summed E-state index contributed by atoms with van der Waals surface area (Å²) < 4.78 is 12.0. The molecule has 0 radical (unpaired) electrons. The number of Topliss-reactive ketones (excluding diaryl/α,β-unsaturated/α-hetero) is 1. The molecule has 6 heteroatoms. The van der Waals surface area contributed by atoms with Gasteiger partial charge in [-0.1, -0.05) is 30.3 Å². The standard InChI is InChI=1S/C26H22N2O4/c1-31-20-12-7-18(8-13-20)9-16-24(29)26-27-22-5-3-4-6-23(22)28(26)17-25(30)19-10-14-21(32-2)15-11-19/h3-16H,17H2,1-2H3/b16-9+. The van der Waals surface area contributed by atoms with Crippen LogP contribution in [0.15, 0.2) is 78.9 Å². The van der Waals surface area contributed by atoms with E-state index in [4.69, 9.17) is 9.47 Å². The number of rotatable bonds is 8. The lowest BCUT2D eigenvalue weighted by Crippen LogP contribution is -2.15. The van der Waals surface area contributed by atoms with E-state index >= 15 is 0 Å². The van der Waals surface area contributed by atoms with Crippen LogP contribution in [0, 0.1) is 0 Å². The van der Waals surface area contributed by atoms with Crippen molar-refractivity contribution in [1.82, 2.24) is 9.55 Å². The third-order valence-electron chi connectivity index (χ3n) is 5.13. The molecule has 0 N–H and O–H groups in total. The molecule has 4 aromatic rings. The lowest BCUT2D eigenvalue weighted by Gasteiger charge is -2.08. The minimum atomic E-state index is -0.278. The molecule has 32 heavy (non-hydrogen) atoms. The van der Waals surface area contributed by atoms with Crippen molar-refractivity contribution in [2.24, 2.45) is 0 Å². The number of hydrogen-bond acceptors (Lipinski definition) is 5. The van der Waals surface area contributed by atoms with E-state index in [1.54, 1.807) is 49.1 Å². The van der Waals surface area contributed by atoms with Crippen molar-refractivity contribution in [3.63, 3.8) is 0 Å². The van der Waals surface area contributed by atoms with Crippen molar-refractivity contribution < 1.29 is 19.1 Å². The van der Waals surface area contributed by atoms with Crippen LogP contribution >= 0.6 is 0 Å². The molecule has 4 rings (SSSR count). The highest BCUT2D eigenvalue weighted by atomic mass is 16.5. The summed E-state index contributed by atoms with van der Waals surface area (Å²) in [4.78, 5) is 30.4. The number of imidazole rings is 1. The van der Waals surface area contributed by atoms with Gasteiger partial charge in [-0.15, -0.1) is 0 Å². The number of hydrogen-bond donors (Lipinski definition) is 0.